The van der Waals surface area contributed by atoms with Gasteiger partial charge in [-0.25, -0.2) is 8.42 Å². The SMILES string of the molecule is COc1ccc(NC(=O)[C@H]2CC(=O)N(c3ccc4c(c3)OCCO4)C2)cc1S(=O)(=O)N1CCCCC1. The lowest BCUT2D eigenvalue weighted by atomic mass is 10.1. The second-order valence-corrected chi connectivity index (χ2v) is 11.0. The number of nitrogens with zero attached hydrogens (tertiary/aromatic N) is 2. The van der Waals surface area contributed by atoms with Crippen molar-refractivity contribution in [1.82, 2.24) is 4.31 Å². The average molecular weight is 516 g/mol. The third-order valence-corrected chi connectivity index (χ3v) is 8.62. The highest BCUT2D eigenvalue weighted by atomic mass is 32.2. The van der Waals surface area contributed by atoms with Crippen LogP contribution in [0.25, 0.3) is 0 Å². The number of hydrogen-bond acceptors (Lipinski definition) is 7. The maximum Gasteiger partial charge on any atom is 0.246 e. The van der Waals surface area contributed by atoms with Gasteiger partial charge in [-0.2, -0.15) is 4.31 Å². The van der Waals surface area contributed by atoms with Gasteiger partial charge in [0.1, 0.15) is 23.9 Å². The first-order valence-corrected chi connectivity index (χ1v) is 13.5. The number of sulfonamides is 1. The fourth-order valence-electron chi connectivity index (χ4n) is 4.78. The van der Waals surface area contributed by atoms with Crippen molar-refractivity contribution >= 4 is 33.2 Å². The van der Waals surface area contributed by atoms with Crippen LogP contribution in [0.15, 0.2) is 41.3 Å². The number of anilines is 2. The standard InChI is InChI=1S/C25H29N3O7S/c1-33-21-7-5-18(14-23(21)36(31,32)27-9-3-2-4-10-27)26-25(30)17-13-24(29)28(16-17)19-6-8-20-22(15-19)35-12-11-34-20/h5-8,14-15,17H,2-4,9-13,16H2,1H3,(H,26,30)/t17-/m0/s1. The van der Waals surface area contributed by atoms with E-state index in [9.17, 15) is 18.0 Å². The smallest absolute Gasteiger partial charge is 0.246 e. The summed E-state index contributed by atoms with van der Waals surface area (Å²) in [5, 5.41) is 2.79. The maximum absolute atomic E-state index is 13.3. The summed E-state index contributed by atoms with van der Waals surface area (Å²) in [5.74, 6) is 0.306. The number of benzene rings is 2. The molecule has 2 fully saturated rings. The molecule has 5 rings (SSSR count). The van der Waals surface area contributed by atoms with E-state index < -0.39 is 15.9 Å². The Hall–Kier alpha value is -3.31. The molecule has 2 amide bonds. The van der Waals surface area contributed by atoms with Gasteiger partial charge in [0, 0.05) is 43.5 Å². The molecule has 0 radical (unpaired) electrons. The molecule has 1 atom stereocenters. The van der Waals surface area contributed by atoms with Gasteiger partial charge in [0.2, 0.25) is 21.8 Å². The summed E-state index contributed by atoms with van der Waals surface area (Å²) in [4.78, 5) is 27.4. The van der Waals surface area contributed by atoms with Crippen LogP contribution in [0, 0.1) is 5.92 Å². The lowest BCUT2D eigenvalue weighted by Crippen LogP contribution is -2.35. The van der Waals surface area contributed by atoms with Crippen LogP contribution < -0.4 is 24.4 Å². The first-order valence-electron chi connectivity index (χ1n) is 12.1. The third-order valence-electron chi connectivity index (χ3n) is 6.70. The summed E-state index contributed by atoms with van der Waals surface area (Å²) in [5.41, 5.74) is 0.973. The zero-order valence-corrected chi connectivity index (χ0v) is 20.9. The molecule has 0 bridgehead atoms. The van der Waals surface area contributed by atoms with E-state index in [1.165, 1.54) is 23.5 Å². The highest BCUT2D eigenvalue weighted by molar-refractivity contribution is 7.89. The van der Waals surface area contributed by atoms with Crippen LogP contribution in [0.4, 0.5) is 11.4 Å². The van der Waals surface area contributed by atoms with Gasteiger partial charge in [-0.3, -0.25) is 9.59 Å². The van der Waals surface area contributed by atoms with Crippen LogP contribution in [-0.2, 0) is 19.6 Å². The van der Waals surface area contributed by atoms with E-state index in [-0.39, 0.29) is 35.4 Å². The minimum Gasteiger partial charge on any atom is -0.495 e. The first-order chi connectivity index (χ1) is 17.4. The molecule has 36 heavy (non-hydrogen) atoms. The second kappa shape index (κ2) is 9.98. The average Bonchev–Trinajstić information content (AvgIpc) is 3.30. The van der Waals surface area contributed by atoms with E-state index in [2.05, 4.69) is 5.32 Å². The summed E-state index contributed by atoms with van der Waals surface area (Å²) < 4.78 is 44.5. The number of methoxy groups -OCH3 is 1. The quantitative estimate of drug-likeness (QED) is 0.629. The normalized spacial score (nSPS) is 20.3. The Kier molecular flexibility index (Phi) is 6.76. The van der Waals surface area contributed by atoms with Gasteiger partial charge in [-0.15, -0.1) is 0 Å². The van der Waals surface area contributed by atoms with Crippen molar-refractivity contribution in [2.24, 2.45) is 5.92 Å². The van der Waals surface area contributed by atoms with E-state index >= 15 is 0 Å². The molecule has 3 aliphatic rings. The molecule has 192 valence electrons. The van der Waals surface area contributed by atoms with Crippen LogP contribution in [0.3, 0.4) is 0 Å². The Bertz CT molecular complexity index is 1270. The van der Waals surface area contributed by atoms with Crippen LogP contribution >= 0.6 is 0 Å². The molecular weight excluding hydrogens is 486 g/mol. The fourth-order valence-corrected chi connectivity index (χ4v) is 6.48. The molecule has 0 aromatic heterocycles. The van der Waals surface area contributed by atoms with E-state index in [0.717, 1.165) is 19.3 Å². The van der Waals surface area contributed by atoms with Gasteiger partial charge < -0.3 is 24.4 Å². The molecule has 0 aliphatic carbocycles. The van der Waals surface area contributed by atoms with Crippen molar-refractivity contribution in [2.75, 3.05) is 50.2 Å². The van der Waals surface area contributed by atoms with E-state index in [4.69, 9.17) is 14.2 Å². The molecule has 0 spiro atoms. The molecule has 3 aliphatic heterocycles. The summed E-state index contributed by atoms with van der Waals surface area (Å²) in [6.45, 7) is 2.04. The Morgan fingerprint density at radius 1 is 1.03 bits per heavy atom. The summed E-state index contributed by atoms with van der Waals surface area (Å²) in [6, 6.07) is 9.83. The highest BCUT2D eigenvalue weighted by Gasteiger charge is 2.36. The molecular formula is C25H29N3O7S. The summed E-state index contributed by atoms with van der Waals surface area (Å²) in [6.07, 6.45) is 2.68. The van der Waals surface area contributed by atoms with Crippen LogP contribution in [0.1, 0.15) is 25.7 Å². The second-order valence-electron chi connectivity index (χ2n) is 9.05. The highest BCUT2D eigenvalue weighted by Crippen LogP contribution is 2.36. The lowest BCUT2D eigenvalue weighted by Gasteiger charge is -2.26. The zero-order chi connectivity index (χ0) is 25.3. The van der Waals surface area contributed by atoms with Crippen LogP contribution in [0.2, 0.25) is 0 Å². The predicted molar refractivity (Wildman–Crippen MR) is 132 cm³/mol. The molecule has 2 saturated heterocycles. The lowest BCUT2D eigenvalue weighted by molar-refractivity contribution is -0.122. The predicted octanol–water partition coefficient (Wildman–Crippen LogP) is 2.63. The molecule has 1 N–H and O–H groups in total. The number of hydrogen-bond donors (Lipinski definition) is 1. The minimum atomic E-state index is -3.77. The summed E-state index contributed by atoms with van der Waals surface area (Å²) in [7, 11) is -2.35. The number of ether oxygens (including phenoxy) is 3. The summed E-state index contributed by atoms with van der Waals surface area (Å²) >= 11 is 0. The van der Waals surface area contributed by atoms with Gasteiger partial charge in [0.05, 0.1) is 13.0 Å². The first kappa shape index (κ1) is 24.4. The van der Waals surface area contributed by atoms with Crippen molar-refractivity contribution < 1.29 is 32.2 Å². The molecule has 2 aromatic carbocycles. The van der Waals surface area contributed by atoms with E-state index in [1.54, 1.807) is 29.2 Å². The van der Waals surface area contributed by atoms with Gasteiger partial charge in [0.25, 0.3) is 0 Å². The maximum atomic E-state index is 13.3. The number of amides is 2. The molecule has 11 heteroatoms. The van der Waals surface area contributed by atoms with Crippen molar-refractivity contribution in [3.8, 4) is 17.2 Å². The van der Waals surface area contributed by atoms with Gasteiger partial charge in [-0.1, -0.05) is 6.42 Å². The number of carbonyl (C=O) groups excluding carboxylic acids is 2. The number of rotatable bonds is 6. The van der Waals surface area contributed by atoms with E-state index in [0.29, 0.717) is 49.2 Å². The minimum absolute atomic E-state index is 0.0186. The van der Waals surface area contributed by atoms with Gasteiger partial charge in [-0.05, 0) is 43.2 Å². The Morgan fingerprint density at radius 3 is 2.53 bits per heavy atom. The molecule has 0 saturated carbocycles. The number of fused-ring (bicyclic) bond motifs is 1. The van der Waals surface area contributed by atoms with Crippen molar-refractivity contribution in [2.45, 2.75) is 30.6 Å². The Balaban J connectivity index is 1.31. The third kappa shape index (κ3) is 4.72. The van der Waals surface area contributed by atoms with E-state index in [1.807, 2.05) is 0 Å². The molecule has 0 unspecified atom stereocenters. The zero-order valence-electron chi connectivity index (χ0n) is 20.1. The number of nitrogens with one attached hydrogen (secondary N) is 1. The van der Waals surface area contributed by atoms with Crippen LogP contribution in [0.5, 0.6) is 17.2 Å². The number of carbonyl (C=O) groups is 2. The largest absolute Gasteiger partial charge is 0.495 e. The monoisotopic (exact) mass is 515 g/mol. The van der Waals surface area contributed by atoms with Gasteiger partial charge in [0.15, 0.2) is 11.5 Å². The topological polar surface area (TPSA) is 114 Å². The van der Waals surface area contributed by atoms with Crippen molar-refractivity contribution in [3.63, 3.8) is 0 Å². The Labute approximate surface area is 210 Å². The molecule has 3 heterocycles. The van der Waals surface area contributed by atoms with Gasteiger partial charge >= 0.3 is 0 Å². The fraction of sp³-hybridized carbons (Fsp3) is 0.440. The van der Waals surface area contributed by atoms with Crippen molar-refractivity contribution in [1.29, 1.82) is 0 Å². The molecule has 2 aromatic rings. The Morgan fingerprint density at radius 2 is 1.78 bits per heavy atom. The number of piperidine rings is 1. The van der Waals surface area contributed by atoms with Crippen LogP contribution in [-0.4, -0.2) is 64.5 Å². The van der Waals surface area contributed by atoms with Crippen molar-refractivity contribution in [3.05, 3.63) is 36.4 Å². The molecule has 10 nitrogen and oxygen atoms in total.